The second-order valence-corrected chi connectivity index (χ2v) is 9.96. The first kappa shape index (κ1) is 17.3. The van der Waals surface area contributed by atoms with Crippen LogP contribution in [0.3, 0.4) is 0 Å². The molecular formula is C20H34O4. The maximum Gasteiger partial charge on any atom is 0.110 e. The van der Waals surface area contributed by atoms with Crippen LogP contribution in [-0.2, 0) is 9.47 Å². The molecule has 2 aliphatic carbocycles. The Labute approximate surface area is 145 Å². The van der Waals surface area contributed by atoms with Crippen molar-refractivity contribution in [2.24, 2.45) is 22.7 Å². The van der Waals surface area contributed by atoms with Gasteiger partial charge in [-0.2, -0.15) is 0 Å². The lowest BCUT2D eigenvalue weighted by molar-refractivity contribution is -0.289. The molecule has 2 saturated carbocycles. The molecule has 8 atom stereocenters. The largest absolute Gasteiger partial charge is 0.396 e. The average Bonchev–Trinajstić information content (AvgIpc) is 3.36. The Morgan fingerprint density at radius 1 is 0.917 bits per heavy atom. The van der Waals surface area contributed by atoms with Gasteiger partial charge in [-0.15, -0.1) is 0 Å². The molecule has 0 aromatic carbocycles. The van der Waals surface area contributed by atoms with Crippen molar-refractivity contribution in [1.29, 1.82) is 0 Å². The third kappa shape index (κ3) is 2.19. The van der Waals surface area contributed by atoms with Crippen molar-refractivity contribution in [2.45, 2.75) is 89.6 Å². The molecule has 24 heavy (non-hydrogen) atoms. The van der Waals surface area contributed by atoms with Gasteiger partial charge in [-0.3, -0.25) is 0 Å². The fourth-order valence-corrected chi connectivity index (χ4v) is 6.90. The van der Waals surface area contributed by atoms with Crippen LogP contribution in [0.5, 0.6) is 0 Å². The molecule has 4 nitrogen and oxygen atoms in total. The lowest BCUT2D eigenvalue weighted by atomic mass is 9.43. The van der Waals surface area contributed by atoms with Crippen LogP contribution < -0.4 is 0 Å². The zero-order valence-electron chi connectivity index (χ0n) is 15.7. The normalized spacial score (nSPS) is 60.2. The average molecular weight is 338 g/mol. The number of hydrogen-bond acceptors (Lipinski definition) is 4. The van der Waals surface area contributed by atoms with Crippen molar-refractivity contribution < 1.29 is 19.7 Å². The van der Waals surface area contributed by atoms with Gasteiger partial charge in [0.2, 0.25) is 0 Å². The Morgan fingerprint density at radius 3 is 2.17 bits per heavy atom. The zero-order valence-corrected chi connectivity index (χ0v) is 15.7. The number of rotatable bonds is 2. The minimum absolute atomic E-state index is 0.0737. The summed E-state index contributed by atoms with van der Waals surface area (Å²) in [5.74, 6) is 0.707. The summed E-state index contributed by atoms with van der Waals surface area (Å²) in [6.45, 7) is 10.00. The van der Waals surface area contributed by atoms with Crippen LogP contribution in [0.15, 0.2) is 0 Å². The van der Waals surface area contributed by atoms with E-state index in [0.29, 0.717) is 11.8 Å². The number of hydrogen-bond donors (Lipinski definition) is 2. The molecule has 4 aliphatic rings. The van der Waals surface area contributed by atoms with E-state index in [1.54, 1.807) is 0 Å². The van der Waals surface area contributed by atoms with Gasteiger partial charge in [-0.1, -0.05) is 13.8 Å². The van der Waals surface area contributed by atoms with Crippen molar-refractivity contribution in [3.05, 3.63) is 0 Å². The summed E-state index contributed by atoms with van der Waals surface area (Å²) in [7, 11) is 0. The van der Waals surface area contributed by atoms with E-state index in [1.807, 2.05) is 0 Å². The fraction of sp³-hybridized carbons (Fsp3) is 1.00. The van der Waals surface area contributed by atoms with E-state index >= 15 is 0 Å². The number of fused-ring (bicyclic) bond motifs is 3. The summed E-state index contributed by atoms with van der Waals surface area (Å²) in [5, 5.41) is 21.1. The van der Waals surface area contributed by atoms with E-state index in [0.717, 1.165) is 45.1 Å². The Hall–Kier alpha value is -0.160. The van der Waals surface area contributed by atoms with Crippen LogP contribution >= 0.6 is 0 Å². The van der Waals surface area contributed by atoms with Gasteiger partial charge in [0.05, 0.1) is 23.9 Å². The molecule has 138 valence electrons. The molecule has 2 saturated heterocycles. The second-order valence-electron chi connectivity index (χ2n) is 9.96. The highest BCUT2D eigenvalue weighted by molar-refractivity contribution is 5.14. The van der Waals surface area contributed by atoms with Gasteiger partial charge in [-0.05, 0) is 69.6 Å². The highest BCUT2D eigenvalue weighted by Crippen LogP contribution is 2.66. The molecule has 4 rings (SSSR count). The molecule has 1 unspecified atom stereocenters. The van der Waals surface area contributed by atoms with Gasteiger partial charge in [0.25, 0.3) is 0 Å². The highest BCUT2D eigenvalue weighted by Gasteiger charge is 2.66. The number of epoxide rings is 1. The van der Waals surface area contributed by atoms with E-state index in [1.165, 1.54) is 0 Å². The van der Waals surface area contributed by atoms with E-state index in [4.69, 9.17) is 9.47 Å². The lowest BCUT2D eigenvalue weighted by Gasteiger charge is -2.66. The number of aliphatic hydroxyl groups is 2. The van der Waals surface area contributed by atoms with Gasteiger partial charge >= 0.3 is 0 Å². The van der Waals surface area contributed by atoms with Crippen LogP contribution in [0.2, 0.25) is 0 Å². The molecule has 0 radical (unpaired) electrons. The summed E-state index contributed by atoms with van der Waals surface area (Å²) < 4.78 is 12.3. The monoisotopic (exact) mass is 338 g/mol. The molecule has 0 aromatic heterocycles. The molecule has 0 aromatic rings. The minimum atomic E-state index is -0.295. The predicted octanol–water partition coefficient (Wildman–Crippen LogP) is 2.90. The molecular weight excluding hydrogens is 304 g/mol. The van der Waals surface area contributed by atoms with E-state index < -0.39 is 0 Å². The molecule has 4 heteroatoms. The van der Waals surface area contributed by atoms with Crippen LogP contribution in [0.25, 0.3) is 0 Å². The van der Waals surface area contributed by atoms with Gasteiger partial charge in [0.15, 0.2) is 0 Å². The Balaban J connectivity index is 1.68. The van der Waals surface area contributed by atoms with E-state index in [2.05, 4.69) is 27.7 Å². The van der Waals surface area contributed by atoms with Gasteiger partial charge in [-0.25, -0.2) is 0 Å². The van der Waals surface area contributed by atoms with Crippen LogP contribution in [0, 0.1) is 22.7 Å². The molecule has 0 amide bonds. The summed E-state index contributed by atoms with van der Waals surface area (Å²) in [5.41, 5.74) is -0.614. The van der Waals surface area contributed by atoms with Crippen molar-refractivity contribution in [1.82, 2.24) is 0 Å². The maximum atomic E-state index is 11.0. The van der Waals surface area contributed by atoms with E-state index in [9.17, 15) is 10.2 Å². The molecule has 0 spiro atoms. The molecule has 2 heterocycles. The fourth-order valence-electron chi connectivity index (χ4n) is 6.90. The Bertz CT molecular complexity index is 520. The third-order valence-corrected chi connectivity index (χ3v) is 8.49. The topological polar surface area (TPSA) is 62.2 Å². The van der Waals surface area contributed by atoms with Gasteiger partial charge in [0, 0.05) is 12.0 Å². The zero-order chi connectivity index (χ0) is 17.4. The highest BCUT2D eigenvalue weighted by atomic mass is 16.6. The minimum Gasteiger partial charge on any atom is -0.396 e. The van der Waals surface area contributed by atoms with Crippen molar-refractivity contribution in [3.63, 3.8) is 0 Å². The van der Waals surface area contributed by atoms with Crippen molar-refractivity contribution in [3.8, 4) is 0 Å². The molecule has 2 aliphatic heterocycles. The van der Waals surface area contributed by atoms with Crippen molar-refractivity contribution >= 4 is 0 Å². The Kier molecular flexibility index (Phi) is 3.73. The summed E-state index contributed by atoms with van der Waals surface area (Å²) >= 11 is 0. The smallest absolute Gasteiger partial charge is 0.110 e. The summed E-state index contributed by atoms with van der Waals surface area (Å²) in [4.78, 5) is 0. The van der Waals surface area contributed by atoms with Crippen LogP contribution in [0.4, 0.5) is 0 Å². The first-order chi connectivity index (χ1) is 11.2. The second kappa shape index (κ2) is 5.18. The third-order valence-electron chi connectivity index (χ3n) is 8.49. The van der Waals surface area contributed by atoms with Crippen LogP contribution in [0.1, 0.15) is 66.2 Å². The van der Waals surface area contributed by atoms with E-state index in [-0.39, 0.29) is 40.8 Å². The quantitative estimate of drug-likeness (QED) is 0.760. The maximum absolute atomic E-state index is 11.0. The summed E-state index contributed by atoms with van der Waals surface area (Å²) in [6.07, 6.45) is 5.79. The predicted molar refractivity (Wildman–Crippen MR) is 91.6 cm³/mol. The SMILES string of the molecule is C[C@@]1(CO)CC[C@@H](O)[C@]2(C)[C@H]3CC[C@](C)(C4CO4)O[C@]3(C)CC[C@@H]12. The molecule has 4 fully saturated rings. The lowest BCUT2D eigenvalue weighted by Crippen LogP contribution is -2.67. The molecule has 2 N–H and O–H groups in total. The molecule has 0 bridgehead atoms. The number of aliphatic hydroxyl groups excluding tert-OH is 2. The number of ether oxygens (including phenoxy) is 2. The first-order valence-electron chi connectivity index (χ1n) is 9.79. The van der Waals surface area contributed by atoms with Crippen LogP contribution in [-0.4, -0.2) is 46.8 Å². The van der Waals surface area contributed by atoms with Crippen molar-refractivity contribution in [2.75, 3.05) is 13.2 Å². The summed E-state index contributed by atoms with van der Waals surface area (Å²) in [6, 6.07) is 0. The van der Waals surface area contributed by atoms with Gasteiger partial charge in [0.1, 0.15) is 6.10 Å². The first-order valence-corrected chi connectivity index (χ1v) is 9.79. The van der Waals surface area contributed by atoms with Gasteiger partial charge < -0.3 is 19.7 Å². The Morgan fingerprint density at radius 2 is 1.54 bits per heavy atom. The standard InChI is InChI=1S/C20H34O4/c1-17(12-21)8-7-15(22)20(4)13(17)5-9-18(2)14(20)6-10-19(3,24-18)16-11-23-16/h13-16,21-22H,5-12H2,1-4H3/t13-,14-,15+,16?,17-,18+,19+,20-/m0/s1.